The summed E-state index contributed by atoms with van der Waals surface area (Å²) >= 11 is 0. The summed E-state index contributed by atoms with van der Waals surface area (Å²) in [5.41, 5.74) is 2.06. The number of allylic oxidation sites excluding steroid dienone is 1. The Kier molecular flexibility index (Phi) is 4.88. The number of alkyl halides is 3. The van der Waals surface area contributed by atoms with Crippen molar-refractivity contribution in [2.75, 3.05) is 32.2 Å². The second kappa shape index (κ2) is 7.24. The monoisotopic (exact) mass is 405 g/mol. The second-order valence-corrected chi connectivity index (χ2v) is 7.75. The van der Waals surface area contributed by atoms with Crippen LogP contribution in [0.1, 0.15) is 24.1 Å². The van der Waals surface area contributed by atoms with Gasteiger partial charge in [0.05, 0.1) is 32.4 Å². The number of anilines is 1. The highest BCUT2D eigenvalue weighted by Gasteiger charge is 2.53. The van der Waals surface area contributed by atoms with E-state index in [1.807, 2.05) is 6.07 Å². The molecule has 1 spiro atoms. The molecule has 2 fully saturated rings. The molecule has 1 aliphatic heterocycles. The predicted octanol–water partition coefficient (Wildman–Crippen LogP) is 4.41. The van der Waals surface area contributed by atoms with E-state index in [0.717, 1.165) is 54.6 Å². The maximum atomic E-state index is 12.7. The lowest BCUT2D eigenvalue weighted by atomic mass is 9.55. The molecule has 1 saturated carbocycles. The van der Waals surface area contributed by atoms with Gasteiger partial charge in [0.2, 0.25) is 0 Å². The van der Waals surface area contributed by atoms with Gasteiger partial charge in [-0.15, -0.1) is 0 Å². The van der Waals surface area contributed by atoms with Gasteiger partial charge in [0, 0.05) is 42.0 Å². The van der Waals surface area contributed by atoms with Crippen LogP contribution in [-0.4, -0.2) is 37.3 Å². The van der Waals surface area contributed by atoms with Gasteiger partial charge in [-0.1, -0.05) is 0 Å². The molecule has 0 unspecified atom stereocenters. The van der Waals surface area contributed by atoms with E-state index in [1.165, 1.54) is 12.3 Å². The molecule has 2 aliphatic rings. The van der Waals surface area contributed by atoms with Crippen LogP contribution < -0.4 is 9.64 Å². The Morgan fingerprint density at radius 2 is 1.93 bits per heavy atom. The van der Waals surface area contributed by atoms with E-state index in [1.54, 1.807) is 32.9 Å². The number of nitrogens with zero attached hydrogens (tertiary/aromatic N) is 3. The SMILES string of the molecule is CO/C=C(/c1cnccc1OC)C1CC2(C1)CN(c1ccc(C(F)(F)F)nc1)C2. The van der Waals surface area contributed by atoms with E-state index in [9.17, 15) is 13.2 Å². The summed E-state index contributed by atoms with van der Waals surface area (Å²) in [6.45, 7) is 1.64. The number of methoxy groups -OCH3 is 2. The minimum absolute atomic E-state index is 0.190. The van der Waals surface area contributed by atoms with Crippen LogP contribution in [0.4, 0.5) is 18.9 Å². The Morgan fingerprint density at radius 3 is 2.52 bits per heavy atom. The third-order valence-electron chi connectivity index (χ3n) is 5.81. The van der Waals surface area contributed by atoms with Crippen molar-refractivity contribution in [2.45, 2.75) is 19.0 Å². The molecule has 0 bridgehead atoms. The topological polar surface area (TPSA) is 47.5 Å². The highest BCUT2D eigenvalue weighted by molar-refractivity contribution is 5.72. The van der Waals surface area contributed by atoms with Crippen LogP contribution >= 0.6 is 0 Å². The molecule has 1 saturated heterocycles. The molecule has 0 radical (unpaired) electrons. The van der Waals surface area contributed by atoms with E-state index < -0.39 is 11.9 Å². The van der Waals surface area contributed by atoms with Gasteiger partial charge >= 0.3 is 6.18 Å². The zero-order valence-electron chi connectivity index (χ0n) is 16.2. The fraction of sp³-hybridized carbons (Fsp3) is 0.429. The maximum Gasteiger partial charge on any atom is 0.433 e. The van der Waals surface area contributed by atoms with Crippen molar-refractivity contribution in [2.24, 2.45) is 11.3 Å². The Balaban J connectivity index is 1.40. The minimum Gasteiger partial charge on any atom is -0.504 e. The summed E-state index contributed by atoms with van der Waals surface area (Å²) in [6, 6.07) is 4.36. The van der Waals surface area contributed by atoms with Gasteiger partial charge < -0.3 is 14.4 Å². The number of hydrogen-bond acceptors (Lipinski definition) is 5. The largest absolute Gasteiger partial charge is 0.504 e. The van der Waals surface area contributed by atoms with Gasteiger partial charge in [-0.2, -0.15) is 13.2 Å². The first-order chi connectivity index (χ1) is 13.8. The molecule has 154 valence electrons. The highest BCUT2D eigenvalue weighted by atomic mass is 19.4. The van der Waals surface area contributed by atoms with E-state index in [-0.39, 0.29) is 5.41 Å². The summed E-state index contributed by atoms with van der Waals surface area (Å²) < 4.78 is 48.8. The molecule has 0 aromatic carbocycles. The van der Waals surface area contributed by atoms with Crippen molar-refractivity contribution in [1.29, 1.82) is 0 Å². The van der Waals surface area contributed by atoms with Crippen LogP contribution in [0.15, 0.2) is 43.1 Å². The van der Waals surface area contributed by atoms with Crippen LogP contribution in [0.5, 0.6) is 5.75 Å². The summed E-state index contributed by atoms with van der Waals surface area (Å²) in [5.74, 6) is 1.09. The highest BCUT2D eigenvalue weighted by Crippen LogP contribution is 2.57. The van der Waals surface area contributed by atoms with Crippen LogP contribution in [0, 0.1) is 11.3 Å². The standard InChI is InChI=1S/C21H22F3N3O2/c1-28-11-17(16-10-25-6-5-18(16)29-2)14-7-20(8-14)12-27(13-20)15-3-4-19(26-9-15)21(22,23)24/h3-6,9-11,14H,7-8,12-13H2,1-2H3/b17-11+. The zero-order chi connectivity index (χ0) is 20.6. The lowest BCUT2D eigenvalue weighted by Gasteiger charge is -2.60. The molecule has 0 atom stereocenters. The quantitative estimate of drug-likeness (QED) is 0.690. The minimum atomic E-state index is -4.41. The lowest BCUT2D eigenvalue weighted by molar-refractivity contribution is -0.141. The lowest BCUT2D eigenvalue weighted by Crippen LogP contribution is -2.62. The Morgan fingerprint density at radius 1 is 1.17 bits per heavy atom. The van der Waals surface area contributed by atoms with Gasteiger partial charge in [0.25, 0.3) is 0 Å². The average molecular weight is 405 g/mol. The summed E-state index contributed by atoms with van der Waals surface area (Å²) in [4.78, 5) is 9.85. The van der Waals surface area contributed by atoms with E-state index in [0.29, 0.717) is 5.92 Å². The predicted molar refractivity (Wildman–Crippen MR) is 102 cm³/mol. The smallest absolute Gasteiger partial charge is 0.433 e. The Bertz CT molecular complexity index is 898. The number of pyridine rings is 2. The fourth-order valence-corrected chi connectivity index (χ4v) is 4.43. The van der Waals surface area contributed by atoms with Crippen molar-refractivity contribution in [1.82, 2.24) is 9.97 Å². The van der Waals surface area contributed by atoms with Crippen molar-refractivity contribution < 1.29 is 22.6 Å². The molecule has 29 heavy (non-hydrogen) atoms. The molecule has 0 amide bonds. The molecule has 2 aromatic heterocycles. The Labute approximate surface area is 167 Å². The number of rotatable bonds is 5. The van der Waals surface area contributed by atoms with Crippen LogP contribution in [-0.2, 0) is 10.9 Å². The van der Waals surface area contributed by atoms with E-state index >= 15 is 0 Å². The molecule has 3 heterocycles. The molecule has 1 aliphatic carbocycles. The van der Waals surface area contributed by atoms with Crippen molar-refractivity contribution >= 4 is 11.3 Å². The van der Waals surface area contributed by atoms with Crippen LogP contribution in [0.25, 0.3) is 5.57 Å². The third-order valence-corrected chi connectivity index (χ3v) is 5.81. The maximum absolute atomic E-state index is 12.7. The van der Waals surface area contributed by atoms with E-state index in [4.69, 9.17) is 9.47 Å². The number of aromatic nitrogens is 2. The summed E-state index contributed by atoms with van der Waals surface area (Å²) in [7, 11) is 3.26. The van der Waals surface area contributed by atoms with E-state index in [2.05, 4.69) is 14.9 Å². The first-order valence-electron chi connectivity index (χ1n) is 9.35. The van der Waals surface area contributed by atoms with Gasteiger partial charge in [0.1, 0.15) is 11.4 Å². The van der Waals surface area contributed by atoms with Gasteiger partial charge in [-0.05, 0) is 37.0 Å². The van der Waals surface area contributed by atoms with Gasteiger partial charge in [-0.3, -0.25) is 4.98 Å². The first-order valence-corrected chi connectivity index (χ1v) is 9.35. The van der Waals surface area contributed by atoms with Crippen molar-refractivity contribution in [3.05, 3.63) is 54.3 Å². The molecule has 4 rings (SSSR count). The summed E-state index contributed by atoms with van der Waals surface area (Å²) in [6.07, 6.45) is 4.12. The third kappa shape index (κ3) is 3.63. The number of hydrogen-bond donors (Lipinski definition) is 0. The molecular formula is C21H22F3N3O2. The fourth-order valence-electron chi connectivity index (χ4n) is 4.43. The molecule has 0 N–H and O–H groups in total. The molecular weight excluding hydrogens is 383 g/mol. The van der Waals surface area contributed by atoms with Crippen LogP contribution in [0.3, 0.4) is 0 Å². The molecule has 8 heteroatoms. The molecule has 5 nitrogen and oxygen atoms in total. The second-order valence-electron chi connectivity index (χ2n) is 7.75. The number of halogens is 3. The summed E-state index contributed by atoms with van der Waals surface area (Å²) in [5, 5.41) is 0. The Hall–Kier alpha value is -2.77. The van der Waals surface area contributed by atoms with Crippen LogP contribution in [0.2, 0.25) is 0 Å². The van der Waals surface area contributed by atoms with Gasteiger partial charge in [0.15, 0.2) is 0 Å². The van der Waals surface area contributed by atoms with Crippen molar-refractivity contribution in [3.63, 3.8) is 0 Å². The molecule has 2 aromatic rings. The first kappa shape index (κ1) is 19.5. The normalized spacial score (nSPS) is 18.9. The van der Waals surface area contributed by atoms with Crippen molar-refractivity contribution in [3.8, 4) is 5.75 Å². The van der Waals surface area contributed by atoms with Gasteiger partial charge in [-0.25, -0.2) is 4.98 Å². The average Bonchev–Trinajstić information content (AvgIpc) is 2.64. The zero-order valence-corrected chi connectivity index (χ0v) is 16.2. The number of ether oxygens (including phenoxy) is 2.